The summed E-state index contributed by atoms with van der Waals surface area (Å²) in [6.07, 6.45) is 0.648. The second kappa shape index (κ2) is 2.77. The van der Waals surface area contributed by atoms with E-state index in [2.05, 4.69) is 5.11 Å². The fourth-order valence-electron chi connectivity index (χ4n) is 0.282. The van der Waals surface area contributed by atoms with E-state index >= 15 is 0 Å². The molecule has 3 nitrogen and oxygen atoms in total. The van der Waals surface area contributed by atoms with E-state index in [9.17, 15) is 0 Å². The standard InChI is InChI=1S/C5H12N2O/c1-3-5(2,8)4-7-6/h6,8H,3-4H2,1-2H3. The van der Waals surface area contributed by atoms with E-state index in [1.165, 1.54) is 0 Å². The van der Waals surface area contributed by atoms with E-state index in [1.807, 2.05) is 6.92 Å². The molecule has 0 aliphatic carbocycles. The molecule has 0 aliphatic heterocycles. The Morgan fingerprint density at radius 1 is 1.75 bits per heavy atom. The summed E-state index contributed by atoms with van der Waals surface area (Å²) in [7, 11) is 0. The first kappa shape index (κ1) is 7.56. The summed E-state index contributed by atoms with van der Waals surface area (Å²) >= 11 is 0. The lowest BCUT2D eigenvalue weighted by Crippen LogP contribution is -2.26. The average Bonchev–Trinajstić information content (AvgIpc) is 1.67. The van der Waals surface area contributed by atoms with Gasteiger partial charge >= 0.3 is 0 Å². The van der Waals surface area contributed by atoms with E-state index in [0.717, 1.165) is 0 Å². The summed E-state index contributed by atoms with van der Waals surface area (Å²) in [4.78, 5) is 0. The van der Waals surface area contributed by atoms with Gasteiger partial charge in [0.2, 0.25) is 0 Å². The van der Waals surface area contributed by atoms with Crippen LogP contribution in [0, 0.1) is 5.53 Å². The lowest BCUT2D eigenvalue weighted by Gasteiger charge is -2.16. The molecule has 3 heteroatoms. The highest BCUT2D eigenvalue weighted by molar-refractivity contribution is 4.70. The van der Waals surface area contributed by atoms with Gasteiger partial charge in [-0.05, 0) is 13.3 Å². The minimum atomic E-state index is -0.762. The maximum Gasteiger partial charge on any atom is 0.0881 e. The van der Waals surface area contributed by atoms with Gasteiger partial charge in [0.25, 0.3) is 0 Å². The first-order valence-corrected chi connectivity index (χ1v) is 2.68. The molecule has 0 saturated carbocycles. The van der Waals surface area contributed by atoms with Crippen molar-refractivity contribution in [2.75, 3.05) is 6.54 Å². The molecule has 1 atom stereocenters. The van der Waals surface area contributed by atoms with Crippen LogP contribution in [-0.4, -0.2) is 17.3 Å². The lowest BCUT2D eigenvalue weighted by atomic mass is 10.1. The molecule has 0 saturated heterocycles. The molecular weight excluding hydrogens is 104 g/mol. The van der Waals surface area contributed by atoms with Crippen molar-refractivity contribution < 1.29 is 5.11 Å². The fraction of sp³-hybridized carbons (Fsp3) is 1.00. The van der Waals surface area contributed by atoms with Gasteiger partial charge in [-0.15, -0.1) is 0 Å². The largest absolute Gasteiger partial charge is 0.388 e. The van der Waals surface area contributed by atoms with Crippen LogP contribution in [-0.2, 0) is 0 Å². The van der Waals surface area contributed by atoms with Crippen LogP contribution in [0.3, 0.4) is 0 Å². The van der Waals surface area contributed by atoms with Crippen LogP contribution in [0.1, 0.15) is 20.3 Å². The second-order valence-electron chi connectivity index (χ2n) is 2.17. The van der Waals surface area contributed by atoms with Crippen molar-refractivity contribution in [3.63, 3.8) is 0 Å². The van der Waals surface area contributed by atoms with E-state index in [4.69, 9.17) is 10.6 Å². The van der Waals surface area contributed by atoms with Crippen molar-refractivity contribution in [1.29, 1.82) is 5.53 Å². The molecule has 48 valence electrons. The van der Waals surface area contributed by atoms with Gasteiger partial charge in [0, 0.05) is 0 Å². The molecule has 0 spiro atoms. The van der Waals surface area contributed by atoms with Crippen molar-refractivity contribution >= 4 is 0 Å². The molecule has 0 radical (unpaired) electrons. The Morgan fingerprint density at radius 3 is 2.38 bits per heavy atom. The number of hydrogen-bond donors (Lipinski definition) is 2. The Bertz CT molecular complexity index is 80.5. The third kappa shape index (κ3) is 2.69. The van der Waals surface area contributed by atoms with Crippen LogP contribution in [0.4, 0.5) is 0 Å². The van der Waals surface area contributed by atoms with Gasteiger partial charge in [-0.2, -0.15) is 5.11 Å². The SMILES string of the molecule is CCC(C)(O)CN=N. The fourth-order valence-corrected chi connectivity index (χ4v) is 0.282. The summed E-state index contributed by atoms with van der Waals surface area (Å²) in [5, 5.41) is 12.2. The van der Waals surface area contributed by atoms with Crippen LogP contribution >= 0.6 is 0 Å². The zero-order valence-electron chi connectivity index (χ0n) is 5.31. The highest BCUT2D eigenvalue weighted by Gasteiger charge is 2.15. The quantitative estimate of drug-likeness (QED) is 0.534. The van der Waals surface area contributed by atoms with Crippen LogP contribution in [0.15, 0.2) is 5.11 Å². The highest BCUT2D eigenvalue weighted by atomic mass is 16.3. The molecule has 0 aromatic rings. The zero-order valence-corrected chi connectivity index (χ0v) is 5.31. The summed E-state index contributed by atoms with van der Waals surface area (Å²) in [6.45, 7) is 3.75. The van der Waals surface area contributed by atoms with Gasteiger partial charge in [-0.3, -0.25) is 0 Å². The molecule has 0 aromatic carbocycles. The Labute approximate surface area is 49.2 Å². The van der Waals surface area contributed by atoms with Crippen LogP contribution < -0.4 is 0 Å². The summed E-state index contributed by atoms with van der Waals surface area (Å²) in [5.74, 6) is 0. The van der Waals surface area contributed by atoms with Crippen molar-refractivity contribution in [3.05, 3.63) is 0 Å². The third-order valence-corrected chi connectivity index (χ3v) is 1.18. The summed E-state index contributed by atoms with van der Waals surface area (Å²) < 4.78 is 0. The highest BCUT2D eigenvalue weighted by Crippen LogP contribution is 2.07. The number of rotatable bonds is 3. The van der Waals surface area contributed by atoms with Crippen molar-refractivity contribution in [1.82, 2.24) is 0 Å². The Morgan fingerprint density at radius 2 is 2.25 bits per heavy atom. The smallest absolute Gasteiger partial charge is 0.0881 e. The normalized spacial score (nSPS) is 17.4. The first-order chi connectivity index (χ1) is 3.62. The second-order valence-corrected chi connectivity index (χ2v) is 2.17. The zero-order chi connectivity index (χ0) is 6.62. The Hall–Kier alpha value is -0.440. The summed E-state index contributed by atoms with van der Waals surface area (Å²) in [5.41, 5.74) is 5.66. The maximum atomic E-state index is 9.11. The van der Waals surface area contributed by atoms with E-state index in [1.54, 1.807) is 6.92 Å². The van der Waals surface area contributed by atoms with Gasteiger partial charge < -0.3 is 5.11 Å². The monoisotopic (exact) mass is 116 g/mol. The number of nitrogens with zero attached hydrogens (tertiary/aromatic N) is 1. The van der Waals surface area contributed by atoms with E-state index < -0.39 is 5.60 Å². The van der Waals surface area contributed by atoms with Crippen LogP contribution in [0.25, 0.3) is 0 Å². The third-order valence-electron chi connectivity index (χ3n) is 1.18. The number of hydrogen-bond acceptors (Lipinski definition) is 3. The predicted molar refractivity (Wildman–Crippen MR) is 30.9 cm³/mol. The Kier molecular flexibility index (Phi) is 2.62. The van der Waals surface area contributed by atoms with E-state index in [0.29, 0.717) is 6.42 Å². The van der Waals surface area contributed by atoms with Crippen molar-refractivity contribution in [2.24, 2.45) is 5.11 Å². The minimum Gasteiger partial charge on any atom is -0.388 e. The average molecular weight is 116 g/mol. The topological polar surface area (TPSA) is 56.4 Å². The van der Waals surface area contributed by atoms with Crippen molar-refractivity contribution in [3.8, 4) is 0 Å². The molecule has 0 amide bonds. The first-order valence-electron chi connectivity index (χ1n) is 2.68. The molecule has 1 unspecified atom stereocenters. The molecule has 0 bridgehead atoms. The van der Waals surface area contributed by atoms with Crippen LogP contribution in [0.5, 0.6) is 0 Å². The maximum absolute atomic E-state index is 9.11. The minimum absolute atomic E-state index is 0.212. The molecule has 8 heavy (non-hydrogen) atoms. The molecule has 0 heterocycles. The van der Waals surface area contributed by atoms with Gasteiger partial charge in [0.05, 0.1) is 12.1 Å². The predicted octanol–water partition coefficient (Wildman–Crippen LogP) is 1.18. The molecule has 0 aliphatic rings. The molecule has 0 rings (SSSR count). The van der Waals surface area contributed by atoms with Gasteiger partial charge in [-0.25, -0.2) is 5.53 Å². The van der Waals surface area contributed by atoms with Crippen molar-refractivity contribution in [2.45, 2.75) is 25.9 Å². The van der Waals surface area contributed by atoms with Gasteiger partial charge in [0.15, 0.2) is 0 Å². The molecule has 2 N–H and O–H groups in total. The number of nitrogens with one attached hydrogen (secondary N) is 1. The number of aliphatic hydroxyl groups is 1. The molecule has 0 fully saturated rings. The molecule has 0 aromatic heterocycles. The molecular formula is C5H12N2O. The summed E-state index contributed by atoms with van der Waals surface area (Å²) in [6, 6.07) is 0. The Balaban J connectivity index is 3.53. The van der Waals surface area contributed by atoms with Gasteiger partial charge in [0.1, 0.15) is 0 Å². The van der Waals surface area contributed by atoms with E-state index in [-0.39, 0.29) is 6.54 Å². The van der Waals surface area contributed by atoms with Crippen LogP contribution in [0.2, 0.25) is 0 Å². The lowest BCUT2D eigenvalue weighted by molar-refractivity contribution is 0.0636. The van der Waals surface area contributed by atoms with Gasteiger partial charge in [-0.1, -0.05) is 6.92 Å².